The maximum Gasteiger partial charge on any atom is 0.534 e. The zero-order chi connectivity index (χ0) is 21.6. The smallest absolute Gasteiger partial charge is 0.493 e. The molecule has 1 aromatic heterocycles. The molecule has 29 heavy (non-hydrogen) atoms. The standard InChI is InChI=1S/C18H18F3NO6S/c1-4-27-17(23)12-8-14-13-9-16(28-29(24,25)18(19,20)21)15(26-3)7-11(13)5-6-22(14)10(12)2/h7-9H,4-6H2,1-3H3. The third kappa shape index (κ3) is 3.66. The molecule has 2 heterocycles. The van der Waals surface area contributed by atoms with E-state index in [0.717, 1.165) is 5.56 Å². The molecule has 0 atom stereocenters. The molecular weight excluding hydrogens is 415 g/mol. The van der Waals surface area contributed by atoms with Crippen LogP contribution >= 0.6 is 0 Å². The molecule has 0 spiro atoms. The predicted molar refractivity (Wildman–Crippen MR) is 96.4 cm³/mol. The van der Waals surface area contributed by atoms with Crippen molar-refractivity contribution in [1.82, 2.24) is 4.57 Å². The van der Waals surface area contributed by atoms with Gasteiger partial charge in [-0.3, -0.25) is 0 Å². The summed E-state index contributed by atoms with van der Waals surface area (Å²) < 4.78 is 77.3. The van der Waals surface area contributed by atoms with E-state index in [1.54, 1.807) is 19.9 Å². The van der Waals surface area contributed by atoms with Crippen molar-refractivity contribution in [2.75, 3.05) is 13.7 Å². The van der Waals surface area contributed by atoms with Crippen molar-refractivity contribution in [3.05, 3.63) is 35.0 Å². The van der Waals surface area contributed by atoms with Gasteiger partial charge in [0.2, 0.25) is 0 Å². The first-order valence-electron chi connectivity index (χ1n) is 8.59. The summed E-state index contributed by atoms with van der Waals surface area (Å²) in [4.78, 5) is 12.2. The second kappa shape index (κ2) is 7.29. The lowest BCUT2D eigenvalue weighted by Gasteiger charge is -2.23. The van der Waals surface area contributed by atoms with Gasteiger partial charge >= 0.3 is 21.6 Å². The summed E-state index contributed by atoms with van der Waals surface area (Å²) in [5.74, 6) is -1.24. The van der Waals surface area contributed by atoms with Crippen molar-refractivity contribution in [2.24, 2.45) is 0 Å². The van der Waals surface area contributed by atoms with Gasteiger partial charge in [0.05, 0.1) is 19.3 Å². The van der Waals surface area contributed by atoms with Gasteiger partial charge in [-0.2, -0.15) is 21.6 Å². The van der Waals surface area contributed by atoms with E-state index in [9.17, 15) is 26.4 Å². The molecule has 0 N–H and O–H groups in total. The lowest BCUT2D eigenvalue weighted by Crippen LogP contribution is -2.28. The number of fused-ring (bicyclic) bond motifs is 3. The summed E-state index contributed by atoms with van der Waals surface area (Å²) in [6.07, 6.45) is 0.503. The van der Waals surface area contributed by atoms with E-state index < -0.39 is 27.3 Å². The second-order valence-electron chi connectivity index (χ2n) is 6.29. The van der Waals surface area contributed by atoms with Gasteiger partial charge in [-0.15, -0.1) is 0 Å². The number of rotatable bonds is 5. The molecule has 0 radical (unpaired) electrons. The maximum atomic E-state index is 12.7. The molecule has 0 saturated heterocycles. The summed E-state index contributed by atoms with van der Waals surface area (Å²) in [6.45, 7) is 4.13. The van der Waals surface area contributed by atoms with Gasteiger partial charge in [0.25, 0.3) is 0 Å². The number of aromatic nitrogens is 1. The topological polar surface area (TPSA) is 83.8 Å². The van der Waals surface area contributed by atoms with Gasteiger partial charge in [-0.1, -0.05) is 0 Å². The van der Waals surface area contributed by atoms with Crippen LogP contribution in [0.25, 0.3) is 11.3 Å². The number of ether oxygens (including phenoxy) is 2. The quantitative estimate of drug-likeness (QED) is 0.408. The third-order valence-electron chi connectivity index (χ3n) is 4.61. The number of alkyl halides is 3. The summed E-state index contributed by atoms with van der Waals surface area (Å²) in [5.41, 5.74) is -2.89. The molecule has 1 aromatic carbocycles. The van der Waals surface area contributed by atoms with Crippen LogP contribution in [0.1, 0.15) is 28.5 Å². The van der Waals surface area contributed by atoms with Crippen molar-refractivity contribution in [3.63, 3.8) is 0 Å². The minimum Gasteiger partial charge on any atom is -0.493 e. The summed E-state index contributed by atoms with van der Waals surface area (Å²) in [7, 11) is -4.67. The first kappa shape index (κ1) is 21.0. The van der Waals surface area contributed by atoms with E-state index in [-0.39, 0.29) is 12.4 Å². The van der Waals surface area contributed by atoms with Crippen LogP contribution in [0, 0.1) is 6.92 Å². The van der Waals surface area contributed by atoms with Crippen LogP contribution in [0.2, 0.25) is 0 Å². The highest BCUT2D eigenvalue weighted by molar-refractivity contribution is 7.88. The molecule has 1 aliphatic heterocycles. The number of halogens is 3. The van der Waals surface area contributed by atoms with Gasteiger partial charge in [0.1, 0.15) is 0 Å². The Balaban J connectivity index is 2.13. The van der Waals surface area contributed by atoms with Crippen molar-refractivity contribution < 1.29 is 40.0 Å². The highest BCUT2D eigenvalue weighted by Gasteiger charge is 2.49. The van der Waals surface area contributed by atoms with E-state index in [0.29, 0.717) is 35.5 Å². The van der Waals surface area contributed by atoms with E-state index in [2.05, 4.69) is 4.18 Å². The number of benzene rings is 1. The number of carbonyl (C=O) groups is 1. The molecule has 3 rings (SSSR count). The maximum absolute atomic E-state index is 12.7. The Morgan fingerprint density at radius 1 is 1.21 bits per heavy atom. The third-order valence-corrected chi connectivity index (χ3v) is 5.58. The Morgan fingerprint density at radius 2 is 1.90 bits per heavy atom. The summed E-state index contributed by atoms with van der Waals surface area (Å²) >= 11 is 0. The second-order valence-corrected chi connectivity index (χ2v) is 7.83. The fourth-order valence-corrected chi connectivity index (χ4v) is 3.70. The fraction of sp³-hybridized carbons (Fsp3) is 0.389. The van der Waals surface area contributed by atoms with Gasteiger partial charge in [0, 0.05) is 23.5 Å². The van der Waals surface area contributed by atoms with E-state index in [1.165, 1.54) is 19.2 Å². The number of hydrogen-bond donors (Lipinski definition) is 0. The summed E-state index contributed by atoms with van der Waals surface area (Å²) in [5, 5.41) is 0. The molecule has 0 bridgehead atoms. The van der Waals surface area contributed by atoms with Gasteiger partial charge < -0.3 is 18.2 Å². The zero-order valence-corrected chi connectivity index (χ0v) is 16.6. The minimum atomic E-state index is -5.87. The average molecular weight is 433 g/mol. The average Bonchev–Trinajstić information content (AvgIpc) is 2.97. The van der Waals surface area contributed by atoms with E-state index in [4.69, 9.17) is 9.47 Å². The fourth-order valence-electron chi connectivity index (χ4n) is 3.24. The number of carbonyl (C=O) groups excluding carboxylic acids is 1. The molecule has 11 heteroatoms. The molecule has 0 unspecified atom stereocenters. The zero-order valence-electron chi connectivity index (χ0n) is 15.8. The van der Waals surface area contributed by atoms with Crippen molar-refractivity contribution in [1.29, 1.82) is 0 Å². The Hall–Kier alpha value is -2.69. The first-order valence-corrected chi connectivity index (χ1v) is 10.00. The van der Waals surface area contributed by atoms with Crippen LogP contribution in [0.5, 0.6) is 11.5 Å². The molecule has 7 nitrogen and oxygen atoms in total. The van der Waals surface area contributed by atoms with Crippen molar-refractivity contribution in [2.45, 2.75) is 32.3 Å². The van der Waals surface area contributed by atoms with Crippen LogP contribution in [0.15, 0.2) is 18.2 Å². The Bertz CT molecular complexity index is 1070. The Labute approximate surface area is 165 Å². The lowest BCUT2D eigenvalue weighted by molar-refractivity contribution is -0.0500. The number of methoxy groups -OCH3 is 1. The number of esters is 1. The predicted octanol–water partition coefficient (Wildman–Crippen LogP) is 3.43. The van der Waals surface area contributed by atoms with Crippen LogP contribution in [-0.4, -0.2) is 38.2 Å². The van der Waals surface area contributed by atoms with Gasteiger partial charge in [0.15, 0.2) is 11.5 Å². The largest absolute Gasteiger partial charge is 0.534 e. The molecule has 1 aliphatic rings. The molecule has 0 fully saturated rings. The monoisotopic (exact) mass is 433 g/mol. The van der Waals surface area contributed by atoms with Crippen LogP contribution in [0.3, 0.4) is 0 Å². The van der Waals surface area contributed by atoms with E-state index in [1.807, 2.05) is 4.57 Å². The lowest BCUT2D eigenvalue weighted by atomic mass is 9.97. The van der Waals surface area contributed by atoms with Crippen molar-refractivity contribution in [3.8, 4) is 22.8 Å². The Morgan fingerprint density at radius 3 is 2.48 bits per heavy atom. The highest BCUT2D eigenvalue weighted by atomic mass is 32.2. The highest BCUT2D eigenvalue weighted by Crippen LogP contribution is 2.42. The normalized spacial score (nSPS) is 13.4. The first-order chi connectivity index (χ1) is 13.5. The van der Waals surface area contributed by atoms with Crippen LogP contribution in [0.4, 0.5) is 13.2 Å². The van der Waals surface area contributed by atoms with Crippen LogP contribution in [-0.2, 0) is 27.8 Å². The minimum absolute atomic E-state index is 0.140. The molecule has 0 amide bonds. The number of nitrogens with zero attached hydrogens (tertiary/aromatic N) is 1. The molecule has 0 aliphatic carbocycles. The SMILES string of the molecule is CCOC(=O)c1cc2n(c1C)CCc1cc(OC)c(OS(=O)(=O)C(F)(F)F)cc1-2. The summed E-state index contributed by atoms with van der Waals surface area (Å²) in [6, 6.07) is 4.18. The van der Waals surface area contributed by atoms with Gasteiger partial charge in [-0.05, 0) is 44.0 Å². The molecular formula is C18H18F3NO6S. The van der Waals surface area contributed by atoms with Crippen molar-refractivity contribution >= 4 is 16.1 Å². The van der Waals surface area contributed by atoms with Crippen LogP contribution < -0.4 is 8.92 Å². The molecule has 2 aromatic rings. The Kier molecular flexibility index (Phi) is 5.28. The number of hydrogen-bond acceptors (Lipinski definition) is 6. The molecule has 0 saturated carbocycles. The van der Waals surface area contributed by atoms with E-state index >= 15 is 0 Å². The van der Waals surface area contributed by atoms with Gasteiger partial charge in [-0.25, -0.2) is 4.79 Å². The molecule has 158 valence electrons. The number of aryl methyl sites for hydroxylation is 1.